The Labute approximate surface area is 83.5 Å². The van der Waals surface area contributed by atoms with Crippen LogP contribution < -0.4 is 10.5 Å². The van der Waals surface area contributed by atoms with Gasteiger partial charge in [0.2, 0.25) is 0 Å². The molecule has 1 rings (SSSR count). The summed E-state index contributed by atoms with van der Waals surface area (Å²) in [6.45, 7) is 0.333. The van der Waals surface area contributed by atoms with Crippen molar-refractivity contribution >= 4 is 28.6 Å². The Kier molecular flexibility index (Phi) is 3.68. The van der Waals surface area contributed by atoms with Gasteiger partial charge in [0, 0.05) is 28.5 Å². The second-order valence-electron chi connectivity index (χ2n) is 2.35. The maximum absolute atomic E-state index is 10.3. The normalized spacial score (nSPS) is 12.5. The van der Waals surface area contributed by atoms with Crippen molar-refractivity contribution in [2.75, 3.05) is 4.72 Å². The third-order valence-corrected chi connectivity index (χ3v) is 2.23. The minimum Gasteiger partial charge on any atom is -0.755 e. The Balaban J connectivity index is 2.89. The molecule has 0 fully saturated rings. The first-order chi connectivity index (χ1) is 6.13. The molecule has 3 N–H and O–H groups in total. The van der Waals surface area contributed by atoms with Gasteiger partial charge in [0.05, 0.1) is 0 Å². The smallest absolute Gasteiger partial charge is 0.0471 e. The highest BCUT2D eigenvalue weighted by atomic mass is 35.5. The molecular weight excluding hydrogens is 212 g/mol. The summed E-state index contributed by atoms with van der Waals surface area (Å²) in [6.07, 6.45) is 0. The van der Waals surface area contributed by atoms with E-state index in [0.717, 1.165) is 5.56 Å². The van der Waals surface area contributed by atoms with Crippen LogP contribution in [0.3, 0.4) is 0 Å². The van der Waals surface area contributed by atoms with Crippen LogP contribution in [-0.4, -0.2) is 8.76 Å². The van der Waals surface area contributed by atoms with Gasteiger partial charge in [0.1, 0.15) is 0 Å². The highest BCUT2D eigenvalue weighted by Crippen LogP contribution is 2.20. The lowest BCUT2D eigenvalue weighted by Gasteiger charge is -2.09. The molecule has 0 aliphatic heterocycles. The van der Waals surface area contributed by atoms with E-state index in [1.54, 1.807) is 12.1 Å². The average Bonchev–Trinajstić information content (AvgIpc) is 2.03. The second kappa shape index (κ2) is 4.57. The molecule has 13 heavy (non-hydrogen) atoms. The SMILES string of the molecule is NCc1ccc(NS(=O)[O-])cc1Cl. The lowest BCUT2D eigenvalue weighted by molar-refractivity contribution is 0.542. The standard InChI is InChI=1S/C7H9ClN2O2S/c8-7-3-6(10-13(11)12)2-1-5(7)4-9/h1-3,10H,4,9H2,(H,11,12)/p-1. The molecule has 6 heteroatoms. The van der Waals surface area contributed by atoms with E-state index in [0.29, 0.717) is 17.3 Å². The zero-order valence-corrected chi connectivity index (χ0v) is 8.19. The predicted octanol–water partition coefficient (Wildman–Crippen LogP) is 1.00. The van der Waals surface area contributed by atoms with Crippen molar-refractivity contribution < 1.29 is 8.76 Å². The van der Waals surface area contributed by atoms with Crippen LogP contribution in [0.15, 0.2) is 18.2 Å². The molecule has 0 aliphatic carbocycles. The molecule has 0 saturated carbocycles. The zero-order valence-electron chi connectivity index (χ0n) is 6.62. The number of hydrogen-bond acceptors (Lipinski definition) is 3. The van der Waals surface area contributed by atoms with Gasteiger partial charge in [-0.1, -0.05) is 17.7 Å². The Bertz CT molecular complexity index is 332. The number of hydrogen-bond donors (Lipinski definition) is 2. The fourth-order valence-corrected chi connectivity index (χ4v) is 1.45. The minimum atomic E-state index is -2.32. The van der Waals surface area contributed by atoms with E-state index in [1.165, 1.54) is 6.07 Å². The van der Waals surface area contributed by atoms with E-state index < -0.39 is 11.3 Å². The Morgan fingerprint density at radius 2 is 2.31 bits per heavy atom. The topological polar surface area (TPSA) is 78.2 Å². The van der Waals surface area contributed by atoms with Gasteiger partial charge in [-0.25, -0.2) is 0 Å². The summed E-state index contributed by atoms with van der Waals surface area (Å²) in [5, 5.41) is 0.456. The van der Waals surface area contributed by atoms with Crippen LogP contribution in [0.25, 0.3) is 0 Å². The van der Waals surface area contributed by atoms with Crippen LogP contribution in [0.4, 0.5) is 5.69 Å². The fraction of sp³-hybridized carbons (Fsp3) is 0.143. The molecular formula is C7H8ClN2O2S-. The molecule has 1 aromatic carbocycles. The third-order valence-electron chi connectivity index (χ3n) is 1.47. The molecule has 4 nitrogen and oxygen atoms in total. The van der Waals surface area contributed by atoms with Crippen molar-refractivity contribution in [3.8, 4) is 0 Å². The predicted molar refractivity (Wildman–Crippen MR) is 51.9 cm³/mol. The van der Waals surface area contributed by atoms with E-state index in [1.807, 2.05) is 0 Å². The Hall–Kier alpha value is -0.620. The largest absolute Gasteiger partial charge is 0.755 e. The summed E-state index contributed by atoms with van der Waals surface area (Å²) in [6, 6.07) is 4.79. The van der Waals surface area contributed by atoms with Gasteiger partial charge in [-0.15, -0.1) is 0 Å². The first kappa shape index (κ1) is 10.5. The van der Waals surface area contributed by atoms with Crippen molar-refractivity contribution in [3.05, 3.63) is 28.8 Å². The molecule has 1 unspecified atom stereocenters. The summed E-state index contributed by atoms with van der Waals surface area (Å²) in [4.78, 5) is 0. The highest BCUT2D eigenvalue weighted by Gasteiger charge is 1.99. The van der Waals surface area contributed by atoms with Crippen LogP contribution in [0, 0.1) is 0 Å². The van der Waals surface area contributed by atoms with Crippen LogP contribution in [0.1, 0.15) is 5.56 Å². The van der Waals surface area contributed by atoms with E-state index in [-0.39, 0.29) is 0 Å². The molecule has 0 spiro atoms. The molecule has 0 radical (unpaired) electrons. The Morgan fingerprint density at radius 3 is 2.77 bits per heavy atom. The molecule has 0 heterocycles. The summed E-state index contributed by atoms with van der Waals surface area (Å²) >= 11 is 3.47. The van der Waals surface area contributed by atoms with Gasteiger partial charge in [-0.2, -0.15) is 0 Å². The first-order valence-electron chi connectivity index (χ1n) is 3.48. The fourth-order valence-electron chi connectivity index (χ4n) is 0.873. The summed E-state index contributed by atoms with van der Waals surface area (Å²) in [5.74, 6) is 0. The number of rotatable bonds is 3. The van der Waals surface area contributed by atoms with Crippen molar-refractivity contribution in [3.63, 3.8) is 0 Å². The van der Waals surface area contributed by atoms with Crippen LogP contribution in [0.2, 0.25) is 5.02 Å². The average molecular weight is 220 g/mol. The van der Waals surface area contributed by atoms with E-state index in [9.17, 15) is 8.76 Å². The quantitative estimate of drug-likeness (QED) is 0.745. The molecule has 72 valence electrons. The van der Waals surface area contributed by atoms with Gasteiger partial charge >= 0.3 is 0 Å². The van der Waals surface area contributed by atoms with Crippen molar-refractivity contribution in [2.24, 2.45) is 5.73 Å². The first-order valence-corrected chi connectivity index (χ1v) is 4.93. The van der Waals surface area contributed by atoms with E-state index in [2.05, 4.69) is 4.72 Å². The maximum Gasteiger partial charge on any atom is 0.0471 e. The maximum atomic E-state index is 10.3. The lowest BCUT2D eigenvalue weighted by atomic mass is 10.2. The summed E-state index contributed by atoms with van der Waals surface area (Å²) < 4.78 is 22.7. The number of nitrogens with two attached hydrogens (primary N) is 1. The lowest BCUT2D eigenvalue weighted by Crippen LogP contribution is -2.03. The summed E-state index contributed by atoms with van der Waals surface area (Å²) in [7, 11) is 0. The molecule has 1 atom stereocenters. The number of nitrogens with one attached hydrogen (secondary N) is 1. The van der Waals surface area contributed by atoms with Crippen LogP contribution in [0.5, 0.6) is 0 Å². The van der Waals surface area contributed by atoms with E-state index >= 15 is 0 Å². The molecule has 0 amide bonds. The second-order valence-corrected chi connectivity index (χ2v) is 3.43. The monoisotopic (exact) mass is 219 g/mol. The minimum absolute atomic E-state index is 0.333. The van der Waals surface area contributed by atoms with Crippen LogP contribution >= 0.6 is 11.6 Å². The molecule has 0 bridgehead atoms. The van der Waals surface area contributed by atoms with Gasteiger partial charge in [-0.05, 0) is 17.7 Å². The third kappa shape index (κ3) is 2.96. The molecule has 0 aromatic heterocycles. The summed E-state index contributed by atoms with van der Waals surface area (Å²) in [5.41, 5.74) is 6.58. The van der Waals surface area contributed by atoms with E-state index in [4.69, 9.17) is 17.3 Å². The van der Waals surface area contributed by atoms with Gasteiger partial charge in [0.25, 0.3) is 0 Å². The number of halogens is 1. The van der Waals surface area contributed by atoms with Crippen molar-refractivity contribution in [2.45, 2.75) is 6.54 Å². The van der Waals surface area contributed by atoms with Gasteiger partial charge < -0.3 is 15.0 Å². The molecule has 1 aromatic rings. The number of benzene rings is 1. The van der Waals surface area contributed by atoms with Crippen LogP contribution in [-0.2, 0) is 17.8 Å². The molecule has 0 saturated heterocycles. The Morgan fingerprint density at radius 1 is 1.62 bits per heavy atom. The number of anilines is 1. The molecule has 0 aliphatic rings. The highest BCUT2D eigenvalue weighted by molar-refractivity contribution is 7.80. The zero-order chi connectivity index (χ0) is 9.84. The van der Waals surface area contributed by atoms with Gasteiger partial charge in [-0.3, -0.25) is 4.21 Å². The van der Waals surface area contributed by atoms with Gasteiger partial charge in [0.15, 0.2) is 0 Å². The van der Waals surface area contributed by atoms with Crippen molar-refractivity contribution in [1.29, 1.82) is 0 Å². The van der Waals surface area contributed by atoms with Crippen molar-refractivity contribution in [1.82, 2.24) is 0 Å².